The lowest BCUT2D eigenvalue weighted by Crippen LogP contribution is -2.42. The third-order valence-corrected chi connectivity index (χ3v) is 5.48. The molecule has 1 N–H and O–H groups in total. The lowest BCUT2D eigenvalue weighted by Gasteiger charge is -2.27. The van der Waals surface area contributed by atoms with Crippen LogP contribution in [0.25, 0.3) is 0 Å². The maximum atomic E-state index is 12.6. The van der Waals surface area contributed by atoms with E-state index in [-0.39, 0.29) is 11.5 Å². The molecule has 0 bridgehead atoms. The third-order valence-electron chi connectivity index (χ3n) is 3.55. The minimum absolute atomic E-state index is 0.0894. The van der Waals surface area contributed by atoms with E-state index in [2.05, 4.69) is 4.98 Å². The van der Waals surface area contributed by atoms with E-state index in [0.717, 1.165) is 31.5 Å². The quantitative estimate of drug-likeness (QED) is 0.652. The van der Waals surface area contributed by atoms with Crippen LogP contribution in [0.4, 0.5) is 5.82 Å². The van der Waals surface area contributed by atoms with Crippen LogP contribution in [0, 0.1) is 10.1 Å². The van der Waals surface area contributed by atoms with Gasteiger partial charge in [0.25, 0.3) is 0 Å². The SMILES string of the molecule is O=[N+]([O-])c1ccc(S(=O)(=O)N2CCCCCC2CO)cn1. The first-order valence-corrected chi connectivity index (χ1v) is 8.14. The van der Waals surface area contributed by atoms with Crippen LogP contribution in [-0.2, 0) is 10.0 Å². The van der Waals surface area contributed by atoms with Crippen LogP contribution in [0.1, 0.15) is 25.7 Å². The molecule has 0 saturated carbocycles. The summed E-state index contributed by atoms with van der Waals surface area (Å²) >= 11 is 0. The van der Waals surface area contributed by atoms with Crippen LogP contribution in [-0.4, -0.2) is 46.9 Å². The molecule has 1 aliphatic rings. The standard InChI is InChI=1S/C12H17N3O5S/c16-9-10-4-2-1-3-7-14(10)21(19,20)11-5-6-12(13-8-11)15(17)18/h5-6,8,10,16H,1-4,7,9H2. The Morgan fingerprint density at radius 2 is 2.14 bits per heavy atom. The monoisotopic (exact) mass is 315 g/mol. The second kappa shape index (κ2) is 6.46. The molecule has 21 heavy (non-hydrogen) atoms. The van der Waals surface area contributed by atoms with E-state index >= 15 is 0 Å². The molecule has 1 saturated heterocycles. The summed E-state index contributed by atoms with van der Waals surface area (Å²) in [5, 5.41) is 20.0. The van der Waals surface area contributed by atoms with Crippen LogP contribution in [0.2, 0.25) is 0 Å². The molecule has 0 amide bonds. The molecular formula is C12H17N3O5S. The zero-order valence-electron chi connectivity index (χ0n) is 11.4. The van der Waals surface area contributed by atoms with Gasteiger partial charge in [0, 0.05) is 18.7 Å². The molecule has 1 atom stereocenters. The molecule has 116 valence electrons. The summed E-state index contributed by atoms with van der Waals surface area (Å²) in [6.07, 6.45) is 4.12. The summed E-state index contributed by atoms with van der Waals surface area (Å²) in [6, 6.07) is 1.80. The number of aromatic nitrogens is 1. The summed E-state index contributed by atoms with van der Waals surface area (Å²) in [7, 11) is -3.80. The van der Waals surface area contributed by atoms with Crippen molar-refractivity contribution in [3.8, 4) is 0 Å². The number of pyridine rings is 1. The number of nitro groups is 1. The zero-order valence-corrected chi connectivity index (χ0v) is 12.2. The highest BCUT2D eigenvalue weighted by atomic mass is 32.2. The summed E-state index contributed by atoms with van der Waals surface area (Å²) in [5.74, 6) is -0.400. The van der Waals surface area contributed by atoms with Crippen molar-refractivity contribution in [2.45, 2.75) is 36.6 Å². The molecule has 9 heteroatoms. The van der Waals surface area contributed by atoms with Crippen molar-refractivity contribution in [2.24, 2.45) is 0 Å². The molecule has 1 aromatic heterocycles. The Balaban J connectivity index is 2.32. The van der Waals surface area contributed by atoms with Crippen molar-refractivity contribution in [3.63, 3.8) is 0 Å². The van der Waals surface area contributed by atoms with Crippen molar-refractivity contribution in [3.05, 3.63) is 28.4 Å². The van der Waals surface area contributed by atoms with E-state index in [0.29, 0.717) is 13.0 Å². The topological polar surface area (TPSA) is 114 Å². The number of aliphatic hydroxyl groups excluding tert-OH is 1. The molecule has 2 heterocycles. The van der Waals surface area contributed by atoms with Gasteiger partial charge in [-0.05, 0) is 28.8 Å². The highest BCUT2D eigenvalue weighted by Gasteiger charge is 2.33. The van der Waals surface area contributed by atoms with Crippen LogP contribution in [0.5, 0.6) is 0 Å². The minimum atomic E-state index is -3.80. The minimum Gasteiger partial charge on any atom is -0.395 e. The predicted molar refractivity (Wildman–Crippen MR) is 74.1 cm³/mol. The van der Waals surface area contributed by atoms with Gasteiger partial charge in [-0.1, -0.05) is 12.8 Å². The maximum Gasteiger partial charge on any atom is 0.363 e. The largest absolute Gasteiger partial charge is 0.395 e. The highest BCUT2D eigenvalue weighted by molar-refractivity contribution is 7.89. The Hall–Kier alpha value is -1.58. The van der Waals surface area contributed by atoms with Crippen LogP contribution >= 0.6 is 0 Å². The Morgan fingerprint density at radius 3 is 2.71 bits per heavy atom. The fourth-order valence-corrected chi connectivity index (χ4v) is 4.05. The van der Waals surface area contributed by atoms with E-state index in [9.17, 15) is 23.6 Å². The molecule has 0 radical (unpaired) electrons. The molecule has 1 fully saturated rings. The van der Waals surface area contributed by atoms with Crippen molar-refractivity contribution < 1.29 is 18.4 Å². The number of hydrogen-bond donors (Lipinski definition) is 1. The molecule has 0 aromatic carbocycles. The smallest absolute Gasteiger partial charge is 0.363 e. The average Bonchev–Trinajstić information content (AvgIpc) is 2.72. The van der Waals surface area contributed by atoms with Gasteiger partial charge in [0.2, 0.25) is 10.0 Å². The first-order chi connectivity index (χ1) is 9.96. The molecule has 0 spiro atoms. The van der Waals surface area contributed by atoms with Gasteiger partial charge >= 0.3 is 5.82 Å². The zero-order chi connectivity index (χ0) is 15.5. The second-order valence-electron chi connectivity index (χ2n) is 4.91. The fraction of sp³-hybridized carbons (Fsp3) is 0.583. The lowest BCUT2D eigenvalue weighted by atomic mass is 10.1. The van der Waals surface area contributed by atoms with Gasteiger partial charge in [-0.2, -0.15) is 4.31 Å². The van der Waals surface area contributed by atoms with Gasteiger partial charge in [-0.3, -0.25) is 0 Å². The second-order valence-corrected chi connectivity index (χ2v) is 6.80. The predicted octanol–water partition coefficient (Wildman–Crippen LogP) is 0.915. The highest BCUT2D eigenvalue weighted by Crippen LogP contribution is 2.24. The number of aliphatic hydroxyl groups is 1. The van der Waals surface area contributed by atoms with E-state index in [1.165, 1.54) is 10.4 Å². The van der Waals surface area contributed by atoms with Gasteiger partial charge in [-0.15, -0.1) is 0 Å². The molecular weight excluding hydrogens is 298 g/mol. The molecule has 8 nitrogen and oxygen atoms in total. The molecule has 0 aliphatic carbocycles. The summed E-state index contributed by atoms with van der Waals surface area (Å²) in [4.78, 5) is 13.3. The molecule has 1 aromatic rings. The van der Waals surface area contributed by atoms with E-state index in [1.807, 2.05) is 0 Å². The van der Waals surface area contributed by atoms with E-state index < -0.39 is 26.8 Å². The van der Waals surface area contributed by atoms with Gasteiger partial charge in [-0.25, -0.2) is 8.42 Å². The Labute approximate surface area is 122 Å². The number of nitrogens with zero attached hydrogens (tertiary/aromatic N) is 3. The van der Waals surface area contributed by atoms with Crippen LogP contribution in [0.3, 0.4) is 0 Å². The normalized spacial score (nSPS) is 20.9. The summed E-state index contributed by atoms with van der Waals surface area (Å²) < 4.78 is 26.5. The Morgan fingerprint density at radius 1 is 1.38 bits per heavy atom. The average molecular weight is 315 g/mol. The molecule has 1 unspecified atom stereocenters. The summed E-state index contributed by atoms with van der Waals surface area (Å²) in [6.45, 7) is 0.101. The lowest BCUT2D eigenvalue weighted by molar-refractivity contribution is -0.389. The van der Waals surface area contributed by atoms with Crippen LogP contribution < -0.4 is 0 Å². The number of hydrogen-bond acceptors (Lipinski definition) is 6. The van der Waals surface area contributed by atoms with Crippen molar-refractivity contribution in [1.82, 2.24) is 9.29 Å². The number of sulfonamides is 1. The van der Waals surface area contributed by atoms with Crippen LogP contribution in [0.15, 0.2) is 23.2 Å². The fourth-order valence-electron chi connectivity index (χ4n) is 2.42. The van der Waals surface area contributed by atoms with Gasteiger partial charge in [0.1, 0.15) is 4.90 Å². The Kier molecular flexibility index (Phi) is 4.86. The van der Waals surface area contributed by atoms with Crippen molar-refractivity contribution >= 4 is 15.8 Å². The van der Waals surface area contributed by atoms with Crippen molar-refractivity contribution in [1.29, 1.82) is 0 Å². The maximum absolute atomic E-state index is 12.6. The first kappa shape index (κ1) is 15.8. The van der Waals surface area contributed by atoms with Gasteiger partial charge < -0.3 is 15.2 Å². The van der Waals surface area contributed by atoms with E-state index in [1.54, 1.807) is 0 Å². The van der Waals surface area contributed by atoms with Crippen molar-refractivity contribution in [2.75, 3.05) is 13.2 Å². The Bertz CT molecular complexity index is 602. The molecule has 1 aliphatic heterocycles. The third kappa shape index (κ3) is 3.36. The van der Waals surface area contributed by atoms with E-state index in [4.69, 9.17) is 0 Å². The van der Waals surface area contributed by atoms with Gasteiger partial charge in [0.05, 0.1) is 6.61 Å². The van der Waals surface area contributed by atoms with Gasteiger partial charge in [0.15, 0.2) is 6.20 Å². The first-order valence-electron chi connectivity index (χ1n) is 6.70. The molecule has 2 rings (SSSR count). The summed E-state index contributed by atoms with van der Waals surface area (Å²) in [5.41, 5.74) is 0. The number of rotatable bonds is 4.